The highest BCUT2D eigenvalue weighted by Crippen LogP contribution is 2.15. The van der Waals surface area contributed by atoms with Crippen LogP contribution in [0.1, 0.15) is 41.0 Å². The predicted octanol–water partition coefficient (Wildman–Crippen LogP) is 2.21. The van der Waals surface area contributed by atoms with Crippen LogP contribution in [-0.2, 0) is 9.47 Å². The smallest absolute Gasteiger partial charge is 0.0801 e. The second-order valence-electron chi connectivity index (χ2n) is 4.22. The van der Waals surface area contributed by atoms with E-state index in [2.05, 4.69) is 33.0 Å². The minimum absolute atomic E-state index is 0.168. The van der Waals surface area contributed by atoms with Crippen LogP contribution in [0.15, 0.2) is 0 Å². The third kappa shape index (κ3) is 6.13. The van der Waals surface area contributed by atoms with E-state index >= 15 is 0 Å². The molecule has 3 heteroatoms. The molecule has 1 unspecified atom stereocenters. The van der Waals surface area contributed by atoms with Crippen LogP contribution in [0.4, 0.5) is 0 Å². The summed E-state index contributed by atoms with van der Waals surface area (Å²) in [6.07, 6.45) is 1.06. The third-order valence-electron chi connectivity index (χ3n) is 2.44. The van der Waals surface area contributed by atoms with Crippen LogP contribution in [-0.4, -0.2) is 38.0 Å². The van der Waals surface area contributed by atoms with Crippen molar-refractivity contribution in [1.82, 2.24) is 5.32 Å². The SMILES string of the molecule is CCCOCC(NCC)C(C)(C)OCC. The van der Waals surface area contributed by atoms with Gasteiger partial charge in [-0.05, 0) is 33.7 Å². The largest absolute Gasteiger partial charge is 0.380 e. The Morgan fingerprint density at radius 1 is 1.20 bits per heavy atom. The van der Waals surface area contributed by atoms with E-state index in [4.69, 9.17) is 9.47 Å². The molecule has 0 heterocycles. The Balaban J connectivity index is 4.10. The first-order valence-corrected chi connectivity index (χ1v) is 6.03. The first-order valence-electron chi connectivity index (χ1n) is 6.03. The average Bonchev–Trinajstić information content (AvgIpc) is 2.16. The van der Waals surface area contributed by atoms with Crippen molar-refractivity contribution in [1.29, 1.82) is 0 Å². The number of ether oxygens (including phenoxy) is 2. The average molecular weight is 217 g/mol. The molecule has 0 bridgehead atoms. The molecule has 0 aliphatic rings. The van der Waals surface area contributed by atoms with Crippen molar-refractivity contribution in [2.45, 2.75) is 52.7 Å². The summed E-state index contributed by atoms with van der Waals surface area (Å²) in [4.78, 5) is 0. The molecule has 15 heavy (non-hydrogen) atoms. The first-order chi connectivity index (χ1) is 7.08. The lowest BCUT2D eigenvalue weighted by Crippen LogP contribution is -2.51. The lowest BCUT2D eigenvalue weighted by atomic mass is 9.99. The number of hydrogen-bond acceptors (Lipinski definition) is 3. The quantitative estimate of drug-likeness (QED) is 0.601. The van der Waals surface area contributed by atoms with Crippen molar-refractivity contribution in [2.75, 3.05) is 26.4 Å². The van der Waals surface area contributed by atoms with E-state index in [1.54, 1.807) is 0 Å². The molecule has 0 saturated heterocycles. The normalized spacial score (nSPS) is 14.2. The van der Waals surface area contributed by atoms with Crippen LogP contribution < -0.4 is 5.32 Å². The molecule has 0 radical (unpaired) electrons. The Hall–Kier alpha value is -0.120. The van der Waals surface area contributed by atoms with E-state index in [9.17, 15) is 0 Å². The lowest BCUT2D eigenvalue weighted by molar-refractivity contribution is -0.0597. The molecular formula is C12H27NO2. The summed E-state index contributed by atoms with van der Waals surface area (Å²) in [5, 5.41) is 3.42. The van der Waals surface area contributed by atoms with Gasteiger partial charge in [-0.15, -0.1) is 0 Å². The van der Waals surface area contributed by atoms with Gasteiger partial charge in [0.25, 0.3) is 0 Å². The Morgan fingerprint density at radius 2 is 1.87 bits per heavy atom. The highest BCUT2D eigenvalue weighted by atomic mass is 16.5. The van der Waals surface area contributed by atoms with E-state index < -0.39 is 0 Å². The van der Waals surface area contributed by atoms with Gasteiger partial charge in [-0.25, -0.2) is 0 Å². The number of likely N-dealkylation sites (N-methyl/N-ethyl adjacent to an activating group) is 1. The summed E-state index contributed by atoms with van der Waals surface area (Å²) in [5.41, 5.74) is -0.168. The van der Waals surface area contributed by atoms with Crippen LogP contribution in [0.25, 0.3) is 0 Å². The summed E-state index contributed by atoms with van der Waals surface area (Å²) in [6.45, 7) is 13.7. The maximum atomic E-state index is 5.73. The van der Waals surface area contributed by atoms with Crippen LogP contribution in [0, 0.1) is 0 Å². The molecule has 0 rings (SSSR count). The Labute approximate surface area is 94.5 Å². The minimum atomic E-state index is -0.168. The van der Waals surface area contributed by atoms with Gasteiger partial charge in [0, 0.05) is 13.2 Å². The van der Waals surface area contributed by atoms with Crippen LogP contribution in [0.2, 0.25) is 0 Å². The summed E-state index contributed by atoms with van der Waals surface area (Å²) < 4.78 is 11.3. The van der Waals surface area contributed by atoms with Crippen molar-refractivity contribution in [3.05, 3.63) is 0 Å². The molecule has 0 aliphatic heterocycles. The summed E-state index contributed by atoms with van der Waals surface area (Å²) in [6, 6.07) is 0.258. The van der Waals surface area contributed by atoms with Gasteiger partial charge in [-0.1, -0.05) is 13.8 Å². The Morgan fingerprint density at radius 3 is 2.33 bits per heavy atom. The molecule has 1 N–H and O–H groups in total. The molecule has 0 spiro atoms. The fourth-order valence-electron chi connectivity index (χ4n) is 1.57. The zero-order valence-electron chi connectivity index (χ0n) is 10.9. The monoisotopic (exact) mass is 217 g/mol. The molecule has 3 nitrogen and oxygen atoms in total. The fourth-order valence-corrected chi connectivity index (χ4v) is 1.57. The van der Waals surface area contributed by atoms with Crippen molar-refractivity contribution >= 4 is 0 Å². The van der Waals surface area contributed by atoms with Gasteiger partial charge in [0.2, 0.25) is 0 Å². The molecule has 0 aliphatic carbocycles. The molecule has 0 amide bonds. The summed E-state index contributed by atoms with van der Waals surface area (Å²) in [5.74, 6) is 0. The fraction of sp³-hybridized carbons (Fsp3) is 1.00. The van der Waals surface area contributed by atoms with Crippen molar-refractivity contribution in [2.24, 2.45) is 0 Å². The lowest BCUT2D eigenvalue weighted by Gasteiger charge is -2.34. The zero-order valence-corrected chi connectivity index (χ0v) is 10.9. The standard InChI is InChI=1S/C12H27NO2/c1-6-9-14-10-11(13-7-2)12(4,5)15-8-3/h11,13H,6-10H2,1-5H3. The molecule has 0 saturated carbocycles. The highest BCUT2D eigenvalue weighted by Gasteiger charge is 2.29. The molecule has 0 aromatic carbocycles. The van der Waals surface area contributed by atoms with E-state index in [-0.39, 0.29) is 11.6 Å². The van der Waals surface area contributed by atoms with Crippen LogP contribution >= 0.6 is 0 Å². The van der Waals surface area contributed by atoms with E-state index in [0.717, 1.165) is 26.2 Å². The molecule has 0 fully saturated rings. The molecule has 1 atom stereocenters. The second-order valence-corrected chi connectivity index (χ2v) is 4.22. The van der Waals surface area contributed by atoms with E-state index in [0.29, 0.717) is 6.61 Å². The molecular weight excluding hydrogens is 190 g/mol. The van der Waals surface area contributed by atoms with Gasteiger partial charge in [0.05, 0.1) is 18.2 Å². The van der Waals surface area contributed by atoms with Gasteiger partial charge in [-0.2, -0.15) is 0 Å². The van der Waals surface area contributed by atoms with Crippen LogP contribution in [0.5, 0.6) is 0 Å². The maximum absolute atomic E-state index is 5.73. The maximum Gasteiger partial charge on any atom is 0.0801 e. The molecule has 0 aromatic heterocycles. The van der Waals surface area contributed by atoms with Crippen LogP contribution in [0.3, 0.4) is 0 Å². The Bertz CT molecular complexity index is 149. The molecule has 92 valence electrons. The van der Waals surface area contributed by atoms with Crippen molar-refractivity contribution < 1.29 is 9.47 Å². The van der Waals surface area contributed by atoms with Gasteiger partial charge in [0.1, 0.15) is 0 Å². The number of rotatable bonds is 9. The number of hydrogen-bond donors (Lipinski definition) is 1. The summed E-state index contributed by atoms with van der Waals surface area (Å²) >= 11 is 0. The van der Waals surface area contributed by atoms with Gasteiger partial charge >= 0.3 is 0 Å². The molecule has 0 aromatic rings. The van der Waals surface area contributed by atoms with E-state index in [1.165, 1.54) is 0 Å². The van der Waals surface area contributed by atoms with Crippen molar-refractivity contribution in [3.8, 4) is 0 Å². The second kappa shape index (κ2) is 8.08. The van der Waals surface area contributed by atoms with Gasteiger partial charge in [-0.3, -0.25) is 0 Å². The van der Waals surface area contributed by atoms with Gasteiger partial charge in [0.15, 0.2) is 0 Å². The zero-order chi connectivity index (χ0) is 11.7. The minimum Gasteiger partial charge on any atom is -0.380 e. The van der Waals surface area contributed by atoms with E-state index in [1.807, 2.05) is 6.92 Å². The van der Waals surface area contributed by atoms with Gasteiger partial charge < -0.3 is 14.8 Å². The Kier molecular flexibility index (Phi) is 8.02. The third-order valence-corrected chi connectivity index (χ3v) is 2.44. The summed E-state index contributed by atoms with van der Waals surface area (Å²) in [7, 11) is 0. The predicted molar refractivity (Wildman–Crippen MR) is 64.3 cm³/mol. The first kappa shape index (κ1) is 14.9. The number of nitrogens with one attached hydrogen (secondary N) is 1. The van der Waals surface area contributed by atoms with Crippen molar-refractivity contribution in [3.63, 3.8) is 0 Å². The highest BCUT2D eigenvalue weighted by molar-refractivity contribution is 4.85. The topological polar surface area (TPSA) is 30.5 Å².